The van der Waals surface area contributed by atoms with E-state index in [9.17, 15) is 14.4 Å². The van der Waals surface area contributed by atoms with Crippen LogP contribution < -0.4 is 16.0 Å². The normalized spacial score (nSPS) is 21.3. The third-order valence-corrected chi connectivity index (χ3v) is 5.69. The van der Waals surface area contributed by atoms with E-state index >= 15 is 0 Å². The van der Waals surface area contributed by atoms with Crippen molar-refractivity contribution in [3.8, 4) is 0 Å². The molecule has 4 rings (SSSR count). The molecule has 2 aliphatic carbocycles. The van der Waals surface area contributed by atoms with Gasteiger partial charge in [0.2, 0.25) is 5.91 Å². The average molecular weight is 411 g/mol. The van der Waals surface area contributed by atoms with Gasteiger partial charge >= 0.3 is 0 Å². The van der Waals surface area contributed by atoms with E-state index in [2.05, 4.69) is 25.9 Å². The number of nitrogens with one attached hydrogen (secondary N) is 3. The molecule has 2 aromatic heterocycles. The molecule has 2 amide bonds. The van der Waals surface area contributed by atoms with Crippen molar-refractivity contribution >= 4 is 40.0 Å². The number of hydrogen-bond acceptors (Lipinski definition) is 7. The fraction of sp³-hybridized carbons (Fsp3) is 0.476. The van der Waals surface area contributed by atoms with Crippen molar-refractivity contribution in [2.75, 3.05) is 24.8 Å². The molecule has 0 bridgehead atoms. The zero-order valence-corrected chi connectivity index (χ0v) is 17.0. The number of amides is 2. The van der Waals surface area contributed by atoms with E-state index in [0.29, 0.717) is 47.2 Å². The summed E-state index contributed by atoms with van der Waals surface area (Å²) in [6, 6.07) is 1.08. The SMILES string of the molecule is CNc1ncc(C(=O)NC2CC(OC)CCC2=O)c2cc(NC(=O)C3CC3)ncc12. The molecule has 0 spiro atoms. The van der Waals surface area contributed by atoms with E-state index in [4.69, 9.17) is 4.74 Å². The molecule has 3 N–H and O–H groups in total. The first-order chi connectivity index (χ1) is 14.5. The number of Topliss-reactive ketones (excluding diaryl/α,β-unsaturated/α-hetero) is 1. The van der Waals surface area contributed by atoms with Crippen LogP contribution in [-0.4, -0.2) is 53.9 Å². The van der Waals surface area contributed by atoms with Gasteiger partial charge in [0.15, 0.2) is 5.78 Å². The molecule has 0 radical (unpaired) electrons. The van der Waals surface area contributed by atoms with Crippen LogP contribution in [0.2, 0.25) is 0 Å². The first-order valence-corrected chi connectivity index (χ1v) is 10.1. The van der Waals surface area contributed by atoms with E-state index in [0.717, 1.165) is 12.8 Å². The highest BCUT2D eigenvalue weighted by Crippen LogP contribution is 2.31. The second kappa shape index (κ2) is 8.35. The van der Waals surface area contributed by atoms with Crippen molar-refractivity contribution in [3.05, 3.63) is 24.0 Å². The molecule has 158 valence electrons. The summed E-state index contributed by atoms with van der Waals surface area (Å²) in [5.41, 5.74) is 0.320. The van der Waals surface area contributed by atoms with Crippen LogP contribution in [0.3, 0.4) is 0 Å². The Balaban J connectivity index is 1.63. The van der Waals surface area contributed by atoms with Crippen molar-refractivity contribution in [2.45, 2.75) is 44.2 Å². The van der Waals surface area contributed by atoms with Gasteiger partial charge in [0.25, 0.3) is 5.91 Å². The van der Waals surface area contributed by atoms with Crippen LogP contribution >= 0.6 is 0 Å². The number of carbonyl (C=O) groups is 3. The number of hydrogen-bond donors (Lipinski definition) is 3. The molecule has 2 heterocycles. The number of aromatic nitrogens is 2. The van der Waals surface area contributed by atoms with Gasteiger partial charge in [-0.25, -0.2) is 9.97 Å². The lowest BCUT2D eigenvalue weighted by molar-refractivity contribution is -0.124. The molecular weight excluding hydrogens is 386 g/mol. The van der Waals surface area contributed by atoms with Gasteiger partial charge in [-0.2, -0.15) is 0 Å². The Morgan fingerprint density at radius 2 is 1.93 bits per heavy atom. The van der Waals surface area contributed by atoms with Crippen LogP contribution in [0.1, 0.15) is 42.5 Å². The van der Waals surface area contributed by atoms with Gasteiger partial charge in [-0.3, -0.25) is 14.4 Å². The highest BCUT2D eigenvalue weighted by molar-refractivity contribution is 6.11. The number of fused-ring (bicyclic) bond motifs is 1. The highest BCUT2D eigenvalue weighted by Gasteiger charge is 2.31. The summed E-state index contributed by atoms with van der Waals surface area (Å²) in [5.74, 6) is 0.545. The number of anilines is 2. The zero-order valence-electron chi connectivity index (χ0n) is 17.0. The van der Waals surface area contributed by atoms with Gasteiger partial charge in [0.1, 0.15) is 11.6 Å². The van der Waals surface area contributed by atoms with E-state index in [-0.39, 0.29) is 23.7 Å². The second-order valence-electron chi connectivity index (χ2n) is 7.77. The van der Waals surface area contributed by atoms with Crippen molar-refractivity contribution < 1.29 is 19.1 Å². The lowest BCUT2D eigenvalue weighted by atomic mass is 9.91. The molecule has 2 aliphatic rings. The first-order valence-electron chi connectivity index (χ1n) is 10.1. The summed E-state index contributed by atoms with van der Waals surface area (Å²) >= 11 is 0. The predicted octanol–water partition coefficient (Wildman–Crippen LogP) is 1.89. The second-order valence-corrected chi connectivity index (χ2v) is 7.77. The molecule has 2 fully saturated rings. The number of carbonyl (C=O) groups excluding carboxylic acids is 3. The maximum atomic E-state index is 13.0. The molecule has 0 aromatic carbocycles. The minimum absolute atomic E-state index is 0.000174. The maximum Gasteiger partial charge on any atom is 0.254 e. The molecule has 0 saturated heterocycles. The van der Waals surface area contributed by atoms with Crippen molar-refractivity contribution in [1.29, 1.82) is 0 Å². The molecule has 0 aliphatic heterocycles. The topological polar surface area (TPSA) is 122 Å². The number of ether oxygens (including phenoxy) is 1. The molecule has 9 heteroatoms. The van der Waals surface area contributed by atoms with Gasteiger partial charge in [-0.05, 0) is 25.3 Å². The molecule has 2 unspecified atom stereocenters. The Kier molecular flexibility index (Phi) is 5.63. The third-order valence-electron chi connectivity index (χ3n) is 5.69. The van der Waals surface area contributed by atoms with E-state index < -0.39 is 11.9 Å². The Hall–Kier alpha value is -3.07. The summed E-state index contributed by atoms with van der Waals surface area (Å²) < 4.78 is 5.36. The van der Waals surface area contributed by atoms with Crippen LogP contribution in [0.5, 0.6) is 0 Å². The Bertz CT molecular complexity index is 1000. The number of ketones is 1. The minimum Gasteiger partial charge on any atom is -0.381 e. The largest absolute Gasteiger partial charge is 0.381 e. The third kappa shape index (κ3) is 4.11. The van der Waals surface area contributed by atoms with Crippen LogP contribution in [0.4, 0.5) is 11.6 Å². The van der Waals surface area contributed by atoms with Crippen molar-refractivity contribution in [3.63, 3.8) is 0 Å². The number of rotatable bonds is 6. The molecule has 2 saturated carbocycles. The minimum atomic E-state index is -0.592. The summed E-state index contributed by atoms with van der Waals surface area (Å²) in [6.07, 6.45) is 6.27. The van der Waals surface area contributed by atoms with Gasteiger partial charge in [0.05, 0.1) is 17.7 Å². The fourth-order valence-corrected chi connectivity index (χ4v) is 3.74. The smallest absolute Gasteiger partial charge is 0.254 e. The lowest BCUT2D eigenvalue weighted by Gasteiger charge is -2.27. The number of methoxy groups -OCH3 is 1. The van der Waals surface area contributed by atoms with E-state index in [1.54, 1.807) is 26.4 Å². The summed E-state index contributed by atoms with van der Waals surface area (Å²) in [5, 5.41) is 9.87. The molecule has 30 heavy (non-hydrogen) atoms. The molecule has 2 atom stereocenters. The Labute approximate surface area is 174 Å². The lowest BCUT2D eigenvalue weighted by Crippen LogP contribution is -2.46. The quantitative estimate of drug-likeness (QED) is 0.663. The fourth-order valence-electron chi connectivity index (χ4n) is 3.74. The van der Waals surface area contributed by atoms with Gasteiger partial charge in [0, 0.05) is 56.1 Å². The Morgan fingerprint density at radius 1 is 1.13 bits per heavy atom. The summed E-state index contributed by atoms with van der Waals surface area (Å²) in [4.78, 5) is 46.0. The van der Waals surface area contributed by atoms with E-state index in [1.165, 1.54) is 6.20 Å². The van der Waals surface area contributed by atoms with Gasteiger partial charge < -0.3 is 20.7 Å². The van der Waals surface area contributed by atoms with Crippen LogP contribution in [0.15, 0.2) is 18.5 Å². The number of nitrogens with zero attached hydrogens (tertiary/aromatic N) is 2. The monoisotopic (exact) mass is 411 g/mol. The van der Waals surface area contributed by atoms with Crippen LogP contribution in [-0.2, 0) is 14.3 Å². The molecule has 9 nitrogen and oxygen atoms in total. The standard InChI is InChI=1S/C21H25N5O4/c1-22-19-14-9-23-18(26-20(28)11-3-4-11)8-13(14)15(10-24-19)21(29)25-16-7-12(30-2)5-6-17(16)27/h8-12,16H,3-7H2,1-2H3,(H,22,24)(H,25,29)(H,23,26,28). The summed E-state index contributed by atoms with van der Waals surface area (Å²) in [6.45, 7) is 0. The van der Waals surface area contributed by atoms with Gasteiger partial charge in [-0.1, -0.05) is 0 Å². The molecular formula is C21H25N5O4. The van der Waals surface area contributed by atoms with Crippen LogP contribution in [0.25, 0.3) is 10.8 Å². The number of pyridine rings is 2. The van der Waals surface area contributed by atoms with Crippen molar-refractivity contribution in [1.82, 2.24) is 15.3 Å². The van der Waals surface area contributed by atoms with Crippen molar-refractivity contribution in [2.24, 2.45) is 5.92 Å². The predicted molar refractivity (Wildman–Crippen MR) is 111 cm³/mol. The highest BCUT2D eigenvalue weighted by atomic mass is 16.5. The van der Waals surface area contributed by atoms with E-state index in [1.807, 2.05) is 0 Å². The van der Waals surface area contributed by atoms with Gasteiger partial charge in [-0.15, -0.1) is 0 Å². The zero-order chi connectivity index (χ0) is 21.3. The van der Waals surface area contributed by atoms with Crippen LogP contribution in [0, 0.1) is 5.92 Å². The Morgan fingerprint density at radius 3 is 2.63 bits per heavy atom. The average Bonchev–Trinajstić information content (AvgIpc) is 3.60. The maximum absolute atomic E-state index is 13.0. The molecule has 2 aromatic rings. The first kappa shape index (κ1) is 20.2. The summed E-state index contributed by atoms with van der Waals surface area (Å²) in [7, 11) is 3.34.